The molecule has 1 aromatic carbocycles. The second-order valence-corrected chi connectivity index (χ2v) is 20.8. The maximum Gasteiger partial charge on any atom is 0.573 e. The highest BCUT2D eigenvalue weighted by molar-refractivity contribution is 7.91. The molecular formula is C40H44F3NO6S3. The quantitative estimate of drug-likeness (QED) is 0.166. The van der Waals surface area contributed by atoms with E-state index >= 15 is 0 Å². The van der Waals surface area contributed by atoms with E-state index in [0.717, 1.165) is 46.8 Å². The predicted octanol–water partition coefficient (Wildman–Crippen LogP) is 8.68. The molecular weight excluding hydrogens is 744 g/mol. The van der Waals surface area contributed by atoms with Crippen molar-refractivity contribution in [3.05, 3.63) is 93.0 Å². The van der Waals surface area contributed by atoms with E-state index in [0.29, 0.717) is 42.5 Å². The number of halogens is 3. The number of ketones is 1. The van der Waals surface area contributed by atoms with Gasteiger partial charge in [0.1, 0.15) is 9.96 Å². The first-order valence-electron chi connectivity index (χ1n) is 18.2. The summed E-state index contributed by atoms with van der Waals surface area (Å²) < 4.78 is 72.6. The van der Waals surface area contributed by atoms with Gasteiger partial charge in [-0.05, 0) is 110 Å². The van der Waals surface area contributed by atoms with E-state index in [1.807, 2.05) is 19.1 Å². The Morgan fingerprint density at radius 1 is 0.981 bits per heavy atom. The summed E-state index contributed by atoms with van der Waals surface area (Å²) in [6.45, 7) is 5.96. The summed E-state index contributed by atoms with van der Waals surface area (Å²) in [5.41, 5.74) is -2.48. The van der Waals surface area contributed by atoms with E-state index in [1.54, 1.807) is 11.4 Å². The number of fused-ring (bicyclic) bond motifs is 1. The van der Waals surface area contributed by atoms with Crippen molar-refractivity contribution in [2.75, 3.05) is 6.54 Å². The maximum atomic E-state index is 14.7. The van der Waals surface area contributed by atoms with Gasteiger partial charge in [-0.3, -0.25) is 4.79 Å². The van der Waals surface area contributed by atoms with E-state index in [4.69, 9.17) is 0 Å². The number of nitrogens with zero attached hydrogens (tertiary/aromatic N) is 1. The number of carbonyl (C=O) groups excluding carboxylic acids is 1. The van der Waals surface area contributed by atoms with Crippen molar-refractivity contribution in [2.45, 2.75) is 94.5 Å². The highest BCUT2D eigenvalue weighted by Gasteiger charge is 2.74. The first kappa shape index (κ1) is 37.1. The van der Waals surface area contributed by atoms with Crippen molar-refractivity contribution in [2.24, 2.45) is 33.5 Å². The van der Waals surface area contributed by atoms with Crippen LogP contribution in [0.2, 0.25) is 0 Å². The predicted molar refractivity (Wildman–Crippen MR) is 197 cm³/mol. The molecule has 8 atom stereocenters. The number of carbonyl (C=O) groups is 1. The summed E-state index contributed by atoms with van der Waals surface area (Å²) in [6, 6.07) is 12.1. The van der Waals surface area contributed by atoms with Gasteiger partial charge in [0.15, 0.2) is 5.78 Å². The number of aliphatic hydroxyl groups is 2. The van der Waals surface area contributed by atoms with Crippen LogP contribution in [0.25, 0.3) is 0 Å². The van der Waals surface area contributed by atoms with Gasteiger partial charge in [-0.15, -0.1) is 35.8 Å². The van der Waals surface area contributed by atoms with Crippen LogP contribution in [-0.2, 0) is 16.6 Å². The molecule has 53 heavy (non-hydrogen) atoms. The van der Waals surface area contributed by atoms with Gasteiger partial charge in [-0.25, -0.2) is 8.42 Å². The molecule has 3 aromatic rings. The lowest BCUT2D eigenvalue weighted by atomic mass is 9.32. The number of benzene rings is 1. The molecule has 2 spiro atoms. The molecule has 0 radical (unpaired) electrons. The Morgan fingerprint density at radius 2 is 1.68 bits per heavy atom. The number of alkyl halides is 3. The van der Waals surface area contributed by atoms with Crippen LogP contribution >= 0.6 is 22.7 Å². The Bertz CT molecular complexity index is 2090. The molecule has 6 aliphatic carbocycles. The molecule has 2 heterocycles. The van der Waals surface area contributed by atoms with Gasteiger partial charge in [0.2, 0.25) is 0 Å². The number of thiophene rings is 2. The smallest absolute Gasteiger partial charge is 0.406 e. The van der Waals surface area contributed by atoms with E-state index in [9.17, 15) is 36.6 Å². The third kappa shape index (κ3) is 5.57. The monoisotopic (exact) mass is 787 g/mol. The standard InChI is InChI=1S/C40H44F3NO6S3/c1-25-6-11-30(52-25)34(46)29-22-37-18-19-39(29)31(35(37,2)15-12-27(45)21-37)13-16-36(3)32(39)14-17-38(36,47)24-44(53(48,49)33-5-4-20-51-33)23-26-7-9-28(10-8-26)50-40(41,42)43/h4-11,18-20,22,27,31-32,45,47H,12-17,21,23-24H2,1-3H3. The molecule has 0 saturated heterocycles. The van der Waals surface area contributed by atoms with Crippen molar-refractivity contribution < 1.29 is 41.3 Å². The molecule has 7 nitrogen and oxygen atoms in total. The second-order valence-electron chi connectivity index (χ2n) is 16.4. The number of aliphatic hydroxyl groups excluding tert-OH is 1. The third-order valence-corrected chi connectivity index (χ3v) is 18.1. The van der Waals surface area contributed by atoms with Crippen molar-refractivity contribution in [1.82, 2.24) is 4.31 Å². The summed E-state index contributed by atoms with van der Waals surface area (Å²) in [6.07, 6.45) is 5.61. The number of sulfonamides is 1. The summed E-state index contributed by atoms with van der Waals surface area (Å²) in [5.74, 6) is -0.526. The van der Waals surface area contributed by atoms with Crippen LogP contribution in [0, 0.1) is 40.4 Å². The lowest BCUT2D eigenvalue weighted by Gasteiger charge is -2.71. The van der Waals surface area contributed by atoms with Crippen molar-refractivity contribution in [1.29, 1.82) is 0 Å². The van der Waals surface area contributed by atoms with Crippen LogP contribution in [0.15, 0.2) is 81.9 Å². The van der Waals surface area contributed by atoms with Gasteiger partial charge in [0.25, 0.3) is 10.0 Å². The highest BCUT2D eigenvalue weighted by Crippen LogP contribution is 2.78. The number of ether oxygens (including phenoxy) is 1. The van der Waals surface area contributed by atoms with E-state index in [2.05, 4.69) is 36.8 Å². The Kier molecular flexibility index (Phi) is 8.65. The van der Waals surface area contributed by atoms with Crippen molar-refractivity contribution in [3.8, 4) is 5.75 Å². The summed E-state index contributed by atoms with van der Waals surface area (Å²) in [7, 11) is -4.13. The van der Waals surface area contributed by atoms with Gasteiger partial charge in [-0.2, -0.15) is 4.31 Å². The zero-order valence-electron chi connectivity index (χ0n) is 29.9. The van der Waals surface area contributed by atoms with Crippen molar-refractivity contribution in [3.63, 3.8) is 0 Å². The average molecular weight is 788 g/mol. The number of hydrogen-bond donors (Lipinski definition) is 2. The molecule has 2 bridgehead atoms. The van der Waals surface area contributed by atoms with E-state index < -0.39 is 50.1 Å². The normalized spacial score (nSPS) is 36.2. The van der Waals surface area contributed by atoms with Gasteiger partial charge in [0, 0.05) is 39.8 Å². The lowest BCUT2D eigenvalue weighted by molar-refractivity contribution is -0.274. The van der Waals surface area contributed by atoms with Gasteiger partial charge >= 0.3 is 6.36 Å². The Labute approximate surface area is 316 Å². The Hall–Kier alpha value is -2.81. The van der Waals surface area contributed by atoms with Crippen LogP contribution in [0.3, 0.4) is 0 Å². The van der Waals surface area contributed by atoms with Crippen LogP contribution in [0.1, 0.15) is 78.9 Å². The van der Waals surface area contributed by atoms with Crippen molar-refractivity contribution >= 4 is 38.5 Å². The summed E-state index contributed by atoms with van der Waals surface area (Å²) in [4.78, 5) is 16.4. The number of Topliss-reactive ketones (excluding diaryl/α,β-unsaturated/α-hetero) is 1. The minimum Gasteiger partial charge on any atom is -0.406 e. The fourth-order valence-electron chi connectivity index (χ4n) is 11.3. The number of hydrogen-bond acceptors (Lipinski definition) is 8. The molecule has 2 N–H and O–H groups in total. The number of aryl methyl sites for hydroxylation is 1. The zero-order valence-corrected chi connectivity index (χ0v) is 32.3. The minimum atomic E-state index is -4.86. The van der Waals surface area contributed by atoms with Crippen LogP contribution < -0.4 is 4.74 Å². The largest absolute Gasteiger partial charge is 0.573 e. The molecule has 6 aliphatic rings. The van der Waals surface area contributed by atoms with E-state index in [-0.39, 0.29) is 40.3 Å². The molecule has 3 fully saturated rings. The fraction of sp³-hybridized carbons (Fsp3) is 0.525. The third-order valence-electron chi connectivity index (χ3n) is 14.0. The van der Waals surface area contributed by atoms with E-state index in [1.165, 1.54) is 33.8 Å². The molecule has 0 aliphatic heterocycles. The average Bonchev–Trinajstić information content (AvgIpc) is 3.85. The van der Waals surface area contributed by atoms with Gasteiger partial charge in [0.05, 0.1) is 16.6 Å². The molecule has 13 heteroatoms. The summed E-state index contributed by atoms with van der Waals surface area (Å²) >= 11 is 2.53. The first-order valence-corrected chi connectivity index (χ1v) is 21.3. The topological polar surface area (TPSA) is 104 Å². The molecule has 8 unspecified atom stereocenters. The number of allylic oxidation sites excluding steroid dienone is 4. The van der Waals surface area contributed by atoms with Gasteiger partial charge in [-0.1, -0.05) is 50.3 Å². The highest BCUT2D eigenvalue weighted by atomic mass is 32.2. The summed E-state index contributed by atoms with van der Waals surface area (Å²) in [5, 5.41) is 25.6. The first-order chi connectivity index (χ1) is 24.9. The molecule has 284 valence electrons. The van der Waals surface area contributed by atoms with Crippen LogP contribution in [0.4, 0.5) is 13.2 Å². The Morgan fingerprint density at radius 3 is 2.34 bits per heavy atom. The molecule has 0 amide bonds. The van der Waals surface area contributed by atoms with Gasteiger partial charge < -0.3 is 14.9 Å². The maximum absolute atomic E-state index is 14.7. The zero-order chi connectivity index (χ0) is 37.8. The van der Waals surface area contributed by atoms with Crippen LogP contribution in [0.5, 0.6) is 5.75 Å². The molecule has 2 aromatic heterocycles. The molecule has 9 rings (SSSR count). The number of rotatable bonds is 9. The fourth-order valence-corrected chi connectivity index (χ4v) is 14.8. The lowest BCUT2D eigenvalue weighted by Crippen LogP contribution is -2.67. The SMILES string of the molecule is Cc1ccc(C(=O)C2=CC34C=CC25C(CCC2(C)C5CCC2(O)CN(Cc2ccc(OC(F)(F)F)cc2)S(=O)(=O)c2cccs2)C3(C)CCC(O)C4)s1. The van der Waals surface area contributed by atoms with Crippen LogP contribution in [-0.4, -0.2) is 53.3 Å². The molecule has 3 saturated carbocycles. The second kappa shape index (κ2) is 12.3. The minimum absolute atomic E-state index is 0.0153. The Balaban J connectivity index is 1.19.